The van der Waals surface area contributed by atoms with Crippen LogP contribution in [0.3, 0.4) is 0 Å². The Labute approximate surface area is 119 Å². The highest BCUT2D eigenvalue weighted by Gasteiger charge is 2.15. The van der Waals surface area contributed by atoms with Gasteiger partial charge in [-0.25, -0.2) is 4.39 Å². The number of halogens is 1. The van der Waals surface area contributed by atoms with Crippen molar-refractivity contribution in [1.82, 2.24) is 4.90 Å². The van der Waals surface area contributed by atoms with Crippen molar-refractivity contribution in [3.63, 3.8) is 0 Å². The van der Waals surface area contributed by atoms with Crippen LogP contribution in [0.2, 0.25) is 0 Å². The van der Waals surface area contributed by atoms with Gasteiger partial charge in [0.1, 0.15) is 0 Å². The predicted octanol–water partition coefficient (Wildman–Crippen LogP) is 2.72. The van der Waals surface area contributed by atoms with Gasteiger partial charge in [-0.3, -0.25) is 4.90 Å². The third-order valence-electron chi connectivity index (χ3n) is 3.01. The SMILES string of the molecule is COc1cccc(CN(CCC(N)=S)C(C)C)c1F. The molecular weight excluding hydrogens is 263 g/mol. The Morgan fingerprint density at radius 3 is 2.68 bits per heavy atom. The van der Waals surface area contributed by atoms with Crippen molar-refractivity contribution < 1.29 is 9.13 Å². The van der Waals surface area contributed by atoms with E-state index < -0.39 is 0 Å². The molecule has 0 aliphatic carbocycles. The van der Waals surface area contributed by atoms with Gasteiger partial charge in [0.15, 0.2) is 11.6 Å². The number of ether oxygens (including phenoxy) is 1. The summed E-state index contributed by atoms with van der Waals surface area (Å²) in [6.07, 6.45) is 0.638. The van der Waals surface area contributed by atoms with E-state index in [0.29, 0.717) is 29.6 Å². The molecule has 3 nitrogen and oxygen atoms in total. The van der Waals surface area contributed by atoms with E-state index >= 15 is 0 Å². The van der Waals surface area contributed by atoms with Crippen molar-refractivity contribution in [2.45, 2.75) is 32.9 Å². The highest BCUT2D eigenvalue weighted by Crippen LogP contribution is 2.21. The van der Waals surface area contributed by atoms with Crippen molar-refractivity contribution in [1.29, 1.82) is 0 Å². The topological polar surface area (TPSA) is 38.5 Å². The third kappa shape index (κ3) is 4.76. The molecule has 0 unspecified atom stereocenters. The van der Waals surface area contributed by atoms with E-state index in [0.717, 1.165) is 6.54 Å². The van der Waals surface area contributed by atoms with Gasteiger partial charge in [0, 0.05) is 31.1 Å². The molecule has 106 valence electrons. The van der Waals surface area contributed by atoms with Gasteiger partial charge in [-0.05, 0) is 19.9 Å². The van der Waals surface area contributed by atoms with Crippen LogP contribution < -0.4 is 10.5 Å². The second-order valence-electron chi connectivity index (χ2n) is 4.71. The van der Waals surface area contributed by atoms with E-state index in [2.05, 4.69) is 18.7 Å². The number of nitrogens with zero attached hydrogens (tertiary/aromatic N) is 1. The fourth-order valence-electron chi connectivity index (χ4n) is 1.83. The Hall–Kier alpha value is -1.20. The standard InChI is InChI=1S/C14H21FN2OS/c1-10(2)17(8-7-13(16)19)9-11-5-4-6-12(18-3)14(11)15/h4-6,10H,7-9H2,1-3H3,(H2,16,19). The first-order valence-electron chi connectivity index (χ1n) is 6.29. The summed E-state index contributed by atoms with van der Waals surface area (Å²) in [5.41, 5.74) is 6.14. The lowest BCUT2D eigenvalue weighted by Gasteiger charge is -2.26. The molecule has 1 aromatic rings. The molecule has 0 amide bonds. The molecule has 19 heavy (non-hydrogen) atoms. The monoisotopic (exact) mass is 284 g/mol. The zero-order valence-corrected chi connectivity index (χ0v) is 12.5. The normalized spacial score (nSPS) is 11.1. The smallest absolute Gasteiger partial charge is 0.169 e. The summed E-state index contributed by atoms with van der Waals surface area (Å²) in [6.45, 7) is 5.38. The van der Waals surface area contributed by atoms with E-state index in [1.807, 2.05) is 0 Å². The lowest BCUT2D eigenvalue weighted by molar-refractivity contribution is 0.215. The van der Waals surface area contributed by atoms with Crippen LogP contribution in [0.4, 0.5) is 4.39 Å². The lowest BCUT2D eigenvalue weighted by atomic mass is 10.1. The Bertz CT molecular complexity index is 437. The van der Waals surface area contributed by atoms with Gasteiger partial charge < -0.3 is 10.5 Å². The fraction of sp³-hybridized carbons (Fsp3) is 0.500. The highest BCUT2D eigenvalue weighted by molar-refractivity contribution is 7.80. The molecule has 0 bridgehead atoms. The number of benzene rings is 1. The molecule has 0 aliphatic heterocycles. The average Bonchev–Trinajstić information content (AvgIpc) is 2.35. The Morgan fingerprint density at radius 1 is 1.47 bits per heavy atom. The molecule has 2 N–H and O–H groups in total. The number of hydrogen-bond acceptors (Lipinski definition) is 3. The maximum atomic E-state index is 14.1. The highest BCUT2D eigenvalue weighted by atomic mass is 32.1. The van der Waals surface area contributed by atoms with Gasteiger partial charge in [-0.2, -0.15) is 0 Å². The van der Waals surface area contributed by atoms with Gasteiger partial charge in [-0.1, -0.05) is 24.4 Å². The van der Waals surface area contributed by atoms with Crippen LogP contribution in [0.5, 0.6) is 5.75 Å². The quantitative estimate of drug-likeness (QED) is 0.781. The molecular formula is C14H21FN2OS. The molecule has 0 spiro atoms. The van der Waals surface area contributed by atoms with Crippen LogP contribution in [0.15, 0.2) is 18.2 Å². The molecule has 0 atom stereocenters. The number of hydrogen-bond donors (Lipinski definition) is 1. The van der Waals surface area contributed by atoms with Crippen molar-refractivity contribution >= 4 is 17.2 Å². The number of nitrogens with two attached hydrogens (primary N) is 1. The second kappa shape index (κ2) is 7.40. The fourth-order valence-corrected chi connectivity index (χ4v) is 1.92. The summed E-state index contributed by atoms with van der Waals surface area (Å²) in [6, 6.07) is 5.48. The van der Waals surface area contributed by atoms with Crippen molar-refractivity contribution in [2.24, 2.45) is 5.73 Å². The third-order valence-corrected chi connectivity index (χ3v) is 3.22. The Morgan fingerprint density at radius 2 is 2.16 bits per heavy atom. The zero-order chi connectivity index (χ0) is 14.4. The van der Waals surface area contributed by atoms with E-state index in [-0.39, 0.29) is 11.6 Å². The first-order chi connectivity index (χ1) is 8.95. The Kier molecular flexibility index (Phi) is 6.18. The van der Waals surface area contributed by atoms with Crippen LogP contribution in [-0.2, 0) is 6.54 Å². The first-order valence-corrected chi connectivity index (χ1v) is 6.70. The van der Waals surface area contributed by atoms with E-state index in [1.165, 1.54) is 7.11 Å². The van der Waals surface area contributed by atoms with Gasteiger partial charge in [-0.15, -0.1) is 0 Å². The molecule has 0 heterocycles. The minimum absolute atomic E-state index is 0.274. The first kappa shape index (κ1) is 15.9. The second-order valence-corrected chi connectivity index (χ2v) is 5.24. The molecule has 0 saturated heterocycles. The van der Waals surface area contributed by atoms with Crippen LogP contribution in [0.25, 0.3) is 0 Å². The van der Waals surface area contributed by atoms with E-state index in [9.17, 15) is 4.39 Å². The van der Waals surface area contributed by atoms with Crippen LogP contribution in [0.1, 0.15) is 25.8 Å². The molecule has 0 aromatic heterocycles. The summed E-state index contributed by atoms with van der Waals surface area (Å²) in [7, 11) is 1.47. The molecule has 0 fully saturated rings. The molecule has 0 aliphatic rings. The average molecular weight is 284 g/mol. The van der Waals surface area contributed by atoms with Crippen LogP contribution >= 0.6 is 12.2 Å². The molecule has 0 saturated carbocycles. The van der Waals surface area contributed by atoms with Gasteiger partial charge >= 0.3 is 0 Å². The maximum absolute atomic E-state index is 14.1. The van der Waals surface area contributed by atoms with Crippen molar-refractivity contribution in [2.75, 3.05) is 13.7 Å². The number of thiocarbonyl (C=S) groups is 1. The summed E-state index contributed by atoms with van der Waals surface area (Å²) in [5, 5.41) is 0. The lowest BCUT2D eigenvalue weighted by Crippen LogP contribution is -2.33. The zero-order valence-electron chi connectivity index (χ0n) is 11.6. The van der Waals surface area contributed by atoms with E-state index in [4.69, 9.17) is 22.7 Å². The summed E-state index contributed by atoms with van der Waals surface area (Å²) in [4.78, 5) is 2.62. The summed E-state index contributed by atoms with van der Waals surface area (Å²) < 4.78 is 19.1. The minimum atomic E-state index is -0.300. The number of rotatable bonds is 7. The van der Waals surface area contributed by atoms with Crippen molar-refractivity contribution in [3.8, 4) is 5.75 Å². The van der Waals surface area contributed by atoms with Crippen LogP contribution in [-0.4, -0.2) is 29.6 Å². The van der Waals surface area contributed by atoms with Gasteiger partial charge in [0.25, 0.3) is 0 Å². The summed E-state index contributed by atoms with van der Waals surface area (Å²) in [5.74, 6) is -0.0264. The number of methoxy groups -OCH3 is 1. The van der Waals surface area contributed by atoms with E-state index in [1.54, 1.807) is 18.2 Å². The summed E-state index contributed by atoms with van der Waals surface area (Å²) >= 11 is 4.89. The Balaban J connectivity index is 2.81. The van der Waals surface area contributed by atoms with Crippen LogP contribution in [0, 0.1) is 5.82 Å². The van der Waals surface area contributed by atoms with Gasteiger partial charge in [0.2, 0.25) is 0 Å². The molecule has 1 aromatic carbocycles. The molecule has 5 heteroatoms. The molecule has 1 rings (SSSR count). The maximum Gasteiger partial charge on any atom is 0.169 e. The van der Waals surface area contributed by atoms with Crippen molar-refractivity contribution in [3.05, 3.63) is 29.6 Å². The largest absolute Gasteiger partial charge is 0.494 e. The predicted molar refractivity (Wildman–Crippen MR) is 79.9 cm³/mol. The van der Waals surface area contributed by atoms with Gasteiger partial charge in [0.05, 0.1) is 12.1 Å². The minimum Gasteiger partial charge on any atom is -0.494 e. The molecule has 0 radical (unpaired) electrons.